The number of fused-ring (bicyclic) bond motifs is 1. The van der Waals surface area contributed by atoms with Crippen molar-refractivity contribution in [3.8, 4) is 5.75 Å². The van der Waals surface area contributed by atoms with Gasteiger partial charge < -0.3 is 14.2 Å². The number of ether oxygens (including phenoxy) is 1. The van der Waals surface area contributed by atoms with Gasteiger partial charge in [0.25, 0.3) is 0 Å². The Labute approximate surface area is 178 Å². The van der Waals surface area contributed by atoms with E-state index >= 15 is 0 Å². The van der Waals surface area contributed by atoms with Crippen molar-refractivity contribution in [3.05, 3.63) is 65.7 Å². The molecule has 7 heteroatoms. The van der Waals surface area contributed by atoms with E-state index in [4.69, 9.17) is 0 Å². The first kappa shape index (κ1) is 20.4. The third kappa shape index (κ3) is 4.28. The number of aromatic nitrogens is 2. The molecule has 1 atom stereocenters. The van der Waals surface area contributed by atoms with Crippen molar-refractivity contribution >= 4 is 5.52 Å². The number of benzene rings is 1. The summed E-state index contributed by atoms with van der Waals surface area (Å²) in [5.74, 6) is 0.805. The molecule has 3 aromatic rings. The van der Waals surface area contributed by atoms with Gasteiger partial charge in [-0.2, -0.15) is 0 Å². The monoisotopic (exact) mass is 430 g/mol. The quantitative estimate of drug-likeness (QED) is 0.531. The predicted octanol–water partition coefficient (Wildman–Crippen LogP) is 6.12. The average molecular weight is 430 g/mol. The minimum Gasteiger partial charge on any atom is -0.406 e. The Kier molecular flexibility index (Phi) is 5.16. The molecule has 2 aliphatic rings. The Hall–Kier alpha value is -2.54. The van der Waals surface area contributed by atoms with Crippen LogP contribution in [0.2, 0.25) is 0 Å². The van der Waals surface area contributed by atoms with Crippen molar-refractivity contribution in [2.24, 2.45) is 5.92 Å². The van der Waals surface area contributed by atoms with Crippen LogP contribution in [0.5, 0.6) is 5.75 Å². The van der Waals surface area contributed by atoms with Crippen LogP contribution in [0.1, 0.15) is 73.2 Å². The molecule has 164 valence electrons. The zero-order valence-corrected chi connectivity index (χ0v) is 17.1. The Morgan fingerprint density at radius 1 is 0.968 bits per heavy atom. The van der Waals surface area contributed by atoms with Crippen LogP contribution in [-0.2, 0) is 0 Å². The third-order valence-corrected chi connectivity index (χ3v) is 6.78. The number of hydrogen-bond acceptors (Lipinski definition) is 3. The number of halogens is 3. The molecule has 2 aliphatic carbocycles. The fraction of sp³-hybridized carbons (Fsp3) is 0.458. The predicted molar refractivity (Wildman–Crippen MR) is 110 cm³/mol. The number of nitrogens with zero attached hydrogens (tertiary/aromatic N) is 2. The molecule has 1 aromatic carbocycles. The molecule has 0 saturated heterocycles. The molecule has 1 N–H and O–H groups in total. The summed E-state index contributed by atoms with van der Waals surface area (Å²) >= 11 is 0. The van der Waals surface area contributed by atoms with Gasteiger partial charge >= 0.3 is 6.36 Å². The highest BCUT2D eigenvalue weighted by atomic mass is 19.4. The summed E-state index contributed by atoms with van der Waals surface area (Å²) in [6.07, 6.45) is 6.34. The summed E-state index contributed by atoms with van der Waals surface area (Å²) in [6, 6.07) is 8.33. The maximum atomic E-state index is 12.4. The van der Waals surface area contributed by atoms with Gasteiger partial charge in [-0.05, 0) is 85.6 Å². The summed E-state index contributed by atoms with van der Waals surface area (Å²) in [7, 11) is 0. The largest absolute Gasteiger partial charge is 0.573 e. The van der Waals surface area contributed by atoms with E-state index < -0.39 is 12.5 Å². The Morgan fingerprint density at radius 3 is 2.29 bits per heavy atom. The summed E-state index contributed by atoms with van der Waals surface area (Å²) < 4.78 is 43.0. The second-order valence-corrected chi connectivity index (χ2v) is 8.82. The smallest absolute Gasteiger partial charge is 0.406 e. The lowest BCUT2D eigenvalue weighted by Crippen LogP contribution is -2.21. The van der Waals surface area contributed by atoms with Crippen LogP contribution in [0, 0.1) is 5.92 Å². The van der Waals surface area contributed by atoms with E-state index in [-0.39, 0.29) is 17.6 Å². The van der Waals surface area contributed by atoms with Crippen LogP contribution >= 0.6 is 0 Å². The SMILES string of the molecule is O[C@H](c1c(C2CC2)ccn2cncc12)[C@H]1CC[C@H](c2ccc(OC(F)(F)F)cc2)CC1. The Balaban J connectivity index is 1.28. The van der Waals surface area contributed by atoms with E-state index in [1.165, 1.54) is 30.5 Å². The number of alkyl halides is 3. The first-order chi connectivity index (χ1) is 14.9. The van der Waals surface area contributed by atoms with E-state index in [2.05, 4.69) is 15.8 Å². The van der Waals surface area contributed by atoms with Gasteiger partial charge in [-0.25, -0.2) is 4.98 Å². The first-order valence-electron chi connectivity index (χ1n) is 10.9. The zero-order chi connectivity index (χ0) is 21.6. The maximum Gasteiger partial charge on any atom is 0.573 e. The fourth-order valence-corrected chi connectivity index (χ4v) is 5.05. The molecular formula is C24H25F3N2O2. The van der Waals surface area contributed by atoms with Crippen molar-refractivity contribution in [1.29, 1.82) is 0 Å². The number of imidazole rings is 1. The van der Waals surface area contributed by atoms with Crippen LogP contribution in [0.3, 0.4) is 0 Å². The molecule has 0 spiro atoms. The second kappa shape index (κ2) is 7.86. The molecule has 2 aromatic heterocycles. The molecule has 31 heavy (non-hydrogen) atoms. The van der Waals surface area contributed by atoms with E-state index in [0.29, 0.717) is 5.92 Å². The van der Waals surface area contributed by atoms with Gasteiger partial charge in [0.1, 0.15) is 5.75 Å². The summed E-state index contributed by atoms with van der Waals surface area (Å²) in [6.45, 7) is 0. The van der Waals surface area contributed by atoms with Crippen molar-refractivity contribution < 1.29 is 23.0 Å². The molecule has 0 bridgehead atoms. The number of pyridine rings is 1. The minimum atomic E-state index is -4.67. The Morgan fingerprint density at radius 2 is 1.65 bits per heavy atom. The van der Waals surface area contributed by atoms with Gasteiger partial charge in [0.05, 0.1) is 24.1 Å². The van der Waals surface area contributed by atoms with Gasteiger partial charge in [0.15, 0.2) is 0 Å². The van der Waals surface area contributed by atoms with Gasteiger partial charge in [0, 0.05) is 11.8 Å². The van der Waals surface area contributed by atoms with E-state index in [1.54, 1.807) is 18.5 Å². The molecule has 5 rings (SSSR count). The van der Waals surface area contributed by atoms with Crippen molar-refractivity contribution in [2.75, 3.05) is 0 Å². The molecule has 2 fully saturated rings. The van der Waals surface area contributed by atoms with Crippen LogP contribution in [0.25, 0.3) is 5.52 Å². The second-order valence-electron chi connectivity index (χ2n) is 8.82. The minimum absolute atomic E-state index is 0.169. The molecule has 4 nitrogen and oxygen atoms in total. The van der Waals surface area contributed by atoms with Crippen molar-refractivity contribution in [2.45, 2.75) is 62.8 Å². The normalized spacial score (nSPS) is 23.1. The standard InChI is InChI=1S/C24H25F3N2O2/c25-24(26,27)31-19-9-7-16(8-10-19)15-1-5-18(6-2-15)23(30)22-20(17-3-4-17)11-12-29-14-28-13-21(22)29/h7-15,17-18,23,30H,1-6H2/t15-,18-,23-/m0/s1. The van der Waals surface area contributed by atoms with Crippen LogP contribution < -0.4 is 4.74 Å². The number of aliphatic hydroxyl groups excluding tert-OH is 1. The Bertz CT molecular complexity index is 1050. The molecular weight excluding hydrogens is 405 g/mol. The lowest BCUT2D eigenvalue weighted by atomic mass is 9.75. The molecule has 0 radical (unpaired) electrons. The van der Waals surface area contributed by atoms with Crippen LogP contribution in [0.4, 0.5) is 13.2 Å². The van der Waals surface area contributed by atoms with Crippen molar-refractivity contribution in [1.82, 2.24) is 9.38 Å². The van der Waals surface area contributed by atoms with E-state index in [9.17, 15) is 18.3 Å². The lowest BCUT2D eigenvalue weighted by molar-refractivity contribution is -0.274. The summed E-state index contributed by atoms with van der Waals surface area (Å²) in [5, 5.41) is 11.4. The molecule has 2 saturated carbocycles. The maximum absolute atomic E-state index is 12.4. The zero-order valence-electron chi connectivity index (χ0n) is 17.1. The van der Waals surface area contributed by atoms with E-state index in [1.807, 2.05) is 16.8 Å². The topological polar surface area (TPSA) is 46.8 Å². The molecule has 0 amide bonds. The summed E-state index contributed by atoms with van der Waals surface area (Å²) in [4.78, 5) is 4.26. The molecule has 2 heterocycles. The molecule has 0 unspecified atom stereocenters. The first-order valence-corrected chi connectivity index (χ1v) is 10.9. The highest BCUT2D eigenvalue weighted by Crippen LogP contribution is 2.48. The number of rotatable bonds is 5. The van der Waals surface area contributed by atoms with Crippen LogP contribution in [0.15, 0.2) is 49.1 Å². The third-order valence-electron chi connectivity index (χ3n) is 6.78. The highest BCUT2D eigenvalue weighted by Gasteiger charge is 2.35. The fourth-order valence-electron chi connectivity index (χ4n) is 5.05. The number of aliphatic hydroxyl groups is 1. The molecule has 0 aliphatic heterocycles. The highest BCUT2D eigenvalue weighted by molar-refractivity contribution is 5.59. The van der Waals surface area contributed by atoms with Gasteiger partial charge in [0.2, 0.25) is 0 Å². The van der Waals surface area contributed by atoms with Gasteiger partial charge in [-0.1, -0.05) is 12.1 Å². The van der Waals surface area contributed by atoms with Gasteiger partial charge in [-0.3, -0.25) is 0 Å². The van der Waals surface area contributed by atoms with Gasteiger partial charge in [-0.15, -0.1) is 13.2 Å². The average Bonchev–Trinajstić information content (AvgIpc) is 3.48. The van der Waals surface area contributed by atoms with Crippen LogP contribution in [-0.4, -0.2) is 20.9 Å². The van der Waals surface area contributed by atoms with Crippen molar-refractivity contribution in [3.63, 3.8) is 0 Å². The lowest BCUT2D eigenvalue weighted by Gasteiger charge is -2.33. The number of hydrogen-bond donors (Lipinski definition) is 1. The summed E-state index contributed by atoms with van der Waals surface area (Å²) in [5.41, 5.74) is 4.29. The van der Waals surface area contributed by atoms with E-state index in [0.717, 1.165) is 42.3 Å².